The van der Waals surface area contributed by atoms with Crippen LogP contribution >= 0.6 is 0 Å². The molecule has 1 aromatic carbocycles. The first-order valence-corrected chi connectivity index (χ1v) is 12.4. The van der Waals surface area contributed by atoms with Gasteiger partial charge in [0.05, 0.1) is 10.8 Å². The topological polar surface area (TPSA) is 96.6 Å². The lowest BCUT2D eigenvalue weighted by Gasteiger charge is -2.36. The Bertz CT molecular complexity index is 1060. The zero-order valence-electron chi connectivity index (χ0n) is 18.4. The summed E-state index contributed by atoms with van der Waals surface area (Å²) in [4.78, 5) is 19.7. The van der Waals surface area contributed by atoms with E-state index in [4.69, 9.17) is 4.52 Å². The molecule has 2 saturated heterocycles. The Morgan fingerprint density at radius 3 is 2.45 bits per heavy atom. The van der Waals surface area contributed by atoms with Crippen LogP contribution in [0.25, 0.3) is 0 Å². The highest BCUT2D eigenvalue weighted by molar-refractivity contribution is 7.89. The molecular weight excluding hydrogens is 416 g/mol. The lowest BCUT2D eigenvalue weighted by Crippen LogP contribution is -2.46. The largest absolute Gasteiger partial charge is 0.342 e. The monoisotopic (exact) mass is 446 g/mol. The van der Waals surface area contributed by atoms with Crippen molar-refractivity contribution < 1.29 is 17.7 Å². The first-order valence-electron chi connectivity index (χ1n) is 10.9. The number of piperidine rings is 2. The number of hydrogen-bond donors (Lipinski definition) is 0. The van der Waals surface area contributed by atoms with E-state index in [1.807, 2.05) is 24.8 Å². The molecule has 0 aliphatic carbocycles. The molecule has 0 radical (unpaired) electrons. The number of carbonyl (C=O) groups excluding carboxylic acids is 1. The molecule has 0 unspecified atom stereocenters. The van der Waals surface area contributed by atoms with Gasteiger partial charge in [-0.05, 0) is 69.7 Å². The number of benzene rings is 1. The molecule has 0 bridgehead atoms. The van der Waals surface area contributed by atoms with Crippen LogP contribution in [0.3, 0.4) is 0 Å². The minimum atomic E-state index is -3.54. The summed E-state index contributed by atoms with van der Waals surface area (Å²) in [6, 6.07) is 5.24. The number of amides is 1. The molecule has 1 aromatic heterocycles. The van der Waals surface area contributed by atoms with Crippen LogP contribution in [0.1, 0.15) is 54.4 Å². The van der Waals surface area contributed by atoms with Gasteiger partial charge in [-0.3, -0.25) is 4.79 Å². The van der Waals surface area contributed by atoms with Crippen LogP contribution in [0.5, 0.6) is 0 Å². The molecule has 31 heavy (non-hydrogen) atoms. The molecule has 8 nitrogen and oxygen atoms in total. The molecule has 2 fully saturated rings. The van der Waals surface area contributed by atoms with Gasteiger partial charge in [0.2, 0.25) is 21.8 Å². The lowest BCUT2D eigenvalue weighted by molar-refractivity contribution is -0.138. The van der Waals surface area contributed by atoms with Crippen molar-refractivity contribution in [3.05, 3.63) is 41.0 Å². The van der Waals surface area contributed by atoms with E-state index in [9.17, 15) is 13.2 Å². The molecule has 2 aliphatic heterocycles. The Balaban J connectivity index is 1.37. The predicted octanol–water partition coefficient (Wildman–Crippen LogP) is 2.80. The summed E-state index contributed by atoms with van der Waals surface area (Å²) in [6.45, 7) is 7.72. The third kappa shape index (κ3) is 4.52. The van der Waals surface area contributed by atoms with E-state index < -0.39 is 10.0 Å². The van der Waals surface area contributed by atoms with E-state index in [0.29, 0.717) is 49.1 Å². The lowest BCUT2D eigenvalue weighted by atomic mass is 9.93. The summed E-state index contributed by atoms with van der Waals surface area (Å²) in [5.74, 6) is 1.25. The van der Waals surface area contributed by atoms with Gasteiger partial charge in [0.25, 0.3) is 0 Å². The third-order valence-electron chi connectivity index (χ3n) is 6.54. The van der Waals surface area contributed by atoms with Crippen molar-refractivity contribution in [1.82, 2.24) is 19.3 Å². The Morgan fingerprint density at radius 2 is 1.81 bits per heavy atom. The zero-order valence-corrected chi connectivity index (χ0v) is 19.2. The summed E-state index contributed by atoms with van der Waals surface area (Å²) in [7, 11) is -3.54. The average molecular weight is 447 g/mol. The highest BCUT2D eigenvalue weighted by Crippen LogP contribution is 2.30. The number of aryl methyl sites for hydroxylation is 3. The second-order valence-electron chi connectivity index (χ2n) is 8.73. The summed E-state index contributed by atoms with van der Waals surface area (Å²) in [5.41, 5.74) is 2.03. The number of rotatable bonds is 4. The maximum Gasteiger partial charge on any atom is 0.243 e. The molecule has 0 spiro atoms. The minimum absolute atomic E-state index is 0.0733. The first kappa shape index (κ1) is 22.0. The van der Waals surface area contributed by atoms with Gasteiger partial charge in [0, 0.05) is 32.1 Å². The molecule has 2 aliphatic rings. The highest BCUT2D eigenvalue weighted by Gasteiger charge is 2.36. The first-order chi connectivity index (χ1) is 14.8. The maximum absolute atomic E-state index is 13.1. The van der Waals surface area contributed by atoms with Gasteiger partial charge in [-0.2, -0.15) is 9.29 Å². The van der Waals surface area contributed by atoms with E-state index >= 15 is 0 Å². The number of sulfonamides is 1. The standard InChI is InChI=1S/C22H30N4O4S/c1-15-6-7-20(13-16(15)2)31(28,29)26-11-8-18(9-12-26)22(27)25-10-4-5-19(14-25)21-23-17(3)24-30-21/h6-7,13,18-19H,4-5,8-12,14H2,1-3H3/t19-/m0/s1. The van der Waals surface area contributed by atoms with Crippen molar-refractivity contribution in [2.24, 2.45) is 5.92 Å². The van der Waals surface area contributed by atoms with Crippen molar-refractivity contribution >= 4 is 15.9 Å². The quantitative estimate of drug-likeness (QED) is 0.716. The van der Waals surface area contributed by atoms with Crippen LogP contribution in [0.15, 0.2) is 27.6 Å². The summed E-state index contributed by atoms with van der Waals surface area (Å²) >= 11 is 0. The Morgan fingerprint density at radius 1 is 1.06 bits per heavy atom. The average Bonchev–Trinajstić information content (AvgIpc) is 3.21. The van der Waals surface area contributed by atoms with E-state index in [-0.39, 0.29) is 17.7 Å². The van der Waals surface area contributed by atoms with Crippen molar-refractivity contribution in [3.8, 4) is 0 Å². The van der Waals surface area contributed by atoms with Gasteiger partial charge in [0.1, 0.15) is 0 Å². The minimum Gasteiger partial charge on any atom is -0.342 e. The van der Waals surface area contributed by atoms with Crippen LogP contribution in [0, 0.1) is 26.7 Å². The van der Waals surface area contributed by atoms with E-state index in [1.54, 1.807) is 19.1 Å². The molecular formula is C22H30N4O4S. The second-order valence-corrected chi connectivity index (χ2v) is 10.7. The molecule has 2 aromatic rings. The predicted molar refractivity (Wildman–Crippen MR) is 115 cm³/mol. The second kappa shape index (κ2) is 8.70. The SMILES string of the molecule is Cc1noc([C@H]2CCCN(C(=O)C3CCN(S(=O)(=O)c4ccc(C)c(C)c4)CC3)C2)n1. The molecule has 168 valence electrons. The van der Waals surface area contributed by atoms with Gasteiger partial charge in [-0.1, -0.05) is 11.2 Å². The number of likely N-dealkylation sites (tertiary alicyclic amines) is 1. The van der Waals surface area contributed by atoms with Crippen molar-refractivity contribution in [3.63, 3.8) is 0 Å². The van der Waals surface area contributed by atoms with Crippen LogP contribution in [-0.4, -0.2) is 59.8 Å². The normalized spacial score (nSPS) is 21.4. The molecule has 4 rings (SSSR count). The van der Waals surface area contributed by atoms with Crippen LogP contribution in [0.2, 0.25) is 0 Å². The van der Waals surface area contributed by atoms with E-state index in [2.05, 4.69) is 10.1 Å². The Hall–Kier alpha value is -2.26. The fourth-order valence-corrected chi connectivity index (χ4v) is 6.04. The molecule has 9 heteroatoms. The molecule has 1 atom stereocenters. The van der Waals surface area contributed by atoms with Crippen molar-refractivity contribution in [1.29, 1.82) is 0 Å². The smallest absolute Gasteiger partial charge is 0.243 e. The van der Waals surface area contributed by atoms with Crippen LogP contribution < -0.4 is 0 Å². The third-order valence-corrected chi connectivity index (χ3v) is 8.44. The molecule has 1 amide bonds. The van der Waals surface area contributed by atoms with Crippen LogP contribution in [0.4, 0.5) is 0 Å². The van der Waals surface area contributed by atoms with Gasteiger partial charge in [-0.15, -0.1) is 0 Å². The number of nitrogens with zero attached hydrogens (tertiary/aromatic N) is 4. The number of aromatic nitrogens is 2. The zero-order chi connectivity index (χ0) is 22.2. The van der Waals surface area contributed by atoms with Crippen molar-refractivity contribution in [2.75, 3.05) is 26.2 Å². The van der Waals surface area contributed by atoms with Gasteiger partial charge in [0.15, 0.2) is 5.82 Å². The van der Waals surface area contributed by atoms with Crippen molar-refractivity contribution in [2.45, 2.75) is 57.3 Å². The molecule has 0 N–H and O–H groups in total. The van der Waals surface area contributed by atoms with Gasteiger partial charge < -0.3 is 9.42 Å². The van der Waals surface area contributed by atoms with Crippen LogP contribution in [-0.2, 0) is 14.8 Å². The van der Waals surface area contributed by atoms with E-state index in [1.165, 1.54) is 4.31 Å². The maximum atomic E-state index is 13.1. The number of hydrogen-bond acceptors (Lipinski definition) is 6. The number of carbonyl (C=O) groups is 1. The summed E-state index contributed by atoms with van der Waals surface area (Å²) in [5, 5.41) is 3.87. The van der Waals surface area contributed by atoms with Gasteiger partial charge in [-0.25, -0.2) is 8.42 Å². The summed E-state index contributed by atoms with van der Waals surface area (Å²) in [6.07, 6.45) is 2.92. The fraction of sp³-hybridized carbons (Fsp3) is 0.591. The molecule has 3 heterocycles. The van der Waals surface area contributed by atoms with E-state index in [0.717, 1.165) is 30.5 Å². The Kier molecular flexibility index (Phi) is 6.16. The summed E-state index contributed by atoms with van der Waals surface area (Å²) < 4.78 is 32.9. The molecule has 0 saturated carbocycles. The Labute approximate surface area is 183 Å². The van der Waals surface area contributed by atoms with Gasteiger partial charge >= 0.3 is 0 Å². The fourth-order valence-electron chi connectivity index (χ4n) is 4.48. The highest BCUT2D eigenvalue weighted by atomic mass is 32.2.